The van der Waals surface area contributed by atoms with Crippen LogP contribution in [0.3, 0.4) is 0 Å². The van der Waals surface area contributed by atoms with Gasteiger partial charge in [-0.3, -0.25) is 9.10 Å². The molecule has 0 aromatic heterocycles. The number of nitrogens with zero attached hydrogens (tertiary/aromatic N) is 1. The molecule has 3 rings (SSSR count). The standard InChI is InChI=1S/C24H24N2O4S/c1-3-17-26(31(2,28)29)22-13-9-20(10-14-22)24(27)25-21-11-15-23(16-12-21)30-18-19-7-5-4-6-8-19/h3-16H,1,17-18H2,2H3,(H,25,27). The minimum absolute atomic E-state index is 0.156. The van der Waals surface area contributed by atoms with Crippen molar-refractivity contribution in [2.75, 3.05) is 22.4 Å². The average Bonchev–Trinajstić information content (AvgIpc) is 2.77. The van der Waals surface area contributed by atoms with Gasteiger partial charge in [-0.05, 0) is 54.1 Å². The summed E-state index contributed by atoms with van der Waals surface area (Å²) in [4.78, 5) is 12.5. The van der Waals surface area contributed by atoms with Gasteiger partial charge in [0.1, 0.15) is 12.4 Å². The molecule has 0 atom stereocenters. The van der Waals surface area contributed by atoms with Crippen LogP contribution in [0.2, 0.25) is 0 Å². The van der Waals surface area contributed by atoms with Crippen LogP contribution in [-0.4, -0.2) is 27.1 Å². The molecule has 160 valence electrons. The summed E-state index contributed by atoms with van der Waals surface area (Å²) in [5, 5.41) is 2.82. The lowest BCUT2D eigenvalue weighted by Gasteiger charge is -2.20. The fourth-order valence-corrected chi connectivity index (χ4v) is 3.79. The zero-order chi connectivity index (χ0) is 22.3. The molecule has 0 aliphatic heterocycles. The summed E-state index contributed by atoms with van der Waals surface area (Å²) in [7, 11) is -3.44. The summed E-state index contributed by atoms with van der Waals surface area (Å²) in [5.41, 5.74) is 2.59. The second-order valence-electron chi connectivity index (χ2n) is 6.88. The van der Waals surface area contributed by atoms with E-state index in [1.165, 1.54) is 10.4 Å². The van der Waals surface area contributed by atoms with Crippen LogP contribution in [0.1, 0.15) is 15.9 Å². The molecule has 6 nitrogen and oxygen atoms in total. The molecule has 0 unspecified atom stereocenters. The van der Waals surface area contributed by atoms with Crippen LogP contribution in [0.15, 0.2) is 91.5 Å². The maximum Gasteiger partial charge on any atom is 0.255 e. The van der Waals surface area contributed by atoms with E-state index in [-0.39, 0.29) is 12.5 Å². The maximum atomic E-state index is 12.5. The van der Waals surface area contributed by atoms with E-state index in [4.69, 9.17) is 4.74 Å². The van der Waals surface area contributed by atoms with E-state index < -0.39 is 10.0 Å². The summed E-state index contributed by atoms with van der Waals surface area (Å²) >= 11 is 0. The summed E-state index contributed by atoms with van der Waals surface area (Å²) < 4.78 is 30.8. The van der Waals surface area contributed by atoms with Gasteiger partial charge in [0.25, 0.3) is 5.91 Å². The highest BCUT2D eigenvalue weighted by Crippen LogP contribution is 2.20. The molecule has 0 bridgehead atoms. The molecule has 31 heavy (non-hydrogen) atoms. The van der Waals surface area contributed by atoms with Crippen LogP contribution in [0.5, 0.6) is 5.75 Å². The lowest BCUT2D eigenvalue weighted by atomic mass is 10.2. The first-order valence-corrected chi connectivity index (χ1v) is 11.5. The van der Waals surface area contributed by atoms with Crippen molar-refractivity contribution in [1.29, 1.82) is 0 Å². The van der Waals surface area contributed by atoms with Crippen LogP contribution in [0, 0.1) is 0 Å². The fraction of sp³-hybridized carbons (Fsp3) is 0.125. The van der Waals surface area contributed by atoms with Crippen LogP contribution in [0.4, 0.5) is 11.4 Å². The lowest BCUT2D eigenvalue weighted by Crippen LogP contribution is -2.29. The number of hydrogen-bond donors (Lipinski definition) is 1. The molecular weight excluding hydrogens is 412 g/mol. The van der Waals surface area contributed by atoms with E-state index in [9.17, 15) is 13.2 Å². The largest absolute Gasteiger partial charge is 0.489 e. The fourth-order valence-electron chi connectivity index (χ4n) is 2.91. The Labute approximate surface area is 182 Å². The normalized spacial score (nSPS) is 10.9. The highest BCUT2D eigenvalue weighted by Gasteiger charge is 2.16. The molecule has 0 fully saturated rings. The number of carbonyl (C=O) groups is 1. The van der Waals surface area contributed by atoms with Crippen molar-refractivity contribution in [2.45, 2.75) is 6.61 Å². The quantitative estimate of drug-likeness (QED) is 0.502. The van der Waals surface area contributed by atoms with Gasteiger partial charge >= 0.3 is 0 Å². The first kappa shape index (κ1) is 22.1. The Morgan fingerprint density at radius 2 is 1.65 bits per heavy atom. The van der Waals surface area contributed by atoms with E-state index in [0.717, 1.165) is 11.8 Å². The summed E-state index contributed by atoms with van der Waals surface area (Å²) in [6, 6.07) is 23.3. The number of rotatable bonds is 9. The van der Waals surface area contributed by atoms with Crippen molar-refractivity contribution < 1.29 is 17.9 Å². The van der Waals surface area contributed by atoms with Crippen LogP contribution >= 0.6 is 0 Å². The minimum atomic E-state index is -3.44. The third kappa shape index (κ3) is 6.20. The number of ether oxygens (including phenoxy) is 1. The molecule has 7 heteroatoms. The van der Waals surface area contributed by atoms with Crippen molar-refractivity contribution >= 4 is 27.3 Å². The van der Waals surface area contributed by atoms with E-state index in [1.54, 1.807) is 48.5 Å². The summed E-state index contributed by atoms with van der Waals surface area (Å²) in [6.07, 6.45) is 2.64. The highest BCUT2D eigenvalue weighted by atomic mass is 32.2. The molecule has 1 amide bonds. The first-order valence-electron chi connectivity index (χ1n) is 9.63. The number of carbonyl (C=O) groups excluding carboxylic acids is 1. The molecule has 0 saturated heterocycles. The maximum absolute atomic E-state index is 12.5. The smallest absolute Gasteiger partial charge is 0.255 e. The minimum Gasteiger partial charge on any atom is -0.489 e. The monoisotopic (exact) mass is 436 g/mol. The van der Waals surface area contributed by atoms with Gasteiger partial charge in [0, 0.05) is 11.3 Å². The second-order valence-corrected chi connectivity index (χ2v) is 8.79. The number of benzene rings is 3. The van der Waals surface area contributed by atoms with Crippen molar-refractivity contribution in [1.82, 2.24) is 0 Å². The molecule has 3 aromatic carbocycles. The Kier molecular flexibility index (Phi) is 7.10. The predicted octanol–water partition coefficient (Wildman–Crippen LogP) is 4.47. The molecule has 1 N–H and O–H groups in total. The summed E-state index contributed by atoms with van der Waals surface area (Å²) in [6.45, 7) is 4.21. The zero-order valence-electron chi connectivity index (χ0n) is 17.2. The third-order valence-electron chi connectivity index (χ3n) is 4.47. The number of amides is 1. The number of nitrogens with one attached hydrogen (secondary N) is 1. The van der Waals surface area contributed by atoms with Crippen molar-refractivity contribution in [2.24, 2.45) is 0 Å². The van der Waals surface area contributed by atoms with Crippen molar-refractivity contribution in [3.8, 4) is 5.75 Å². The zero-order valence-corrected chi connectivity index (χ0v) is 18.0. The van der Waals surface area contributed by atoms with E-state index in [1.807, 2.05) is 30.3 Å². The molecule has 3 aromatic rings. The van der Waals surface area contributed by atoms with Gasteiger partial charge in [0.15, 0.2) is 0 Å². The van der Waals surface area contributed by atoms with Gasteiger partial charge in [-0.25, -0.2) is 8.42 Å². The first-order chi connectivity index (χ1) is 14.9. The van der Waals surface area contributed by atoms with Crippen LogP contribution in [0.25, 0.3) is 0 Å². The Hall–Kier alpha value is -3.58. The number of hydrogen-bond acceptors (Lipinski definition) is 4. The third-order valence-corrected chi connectivity index (χ3v) is 5.63. The highest BCUT2D eigenvalue weighted by molar-refractivity contribution is 7.92. The van der Waals surface area contributed by atoms with Gasteiger partial charge in [0.05, 0.1) is 18.5 Å². The average molecular weight is 437 g/mol. The molecule has 0 aliphatic rings. The topological polar surface area (TPSA) is 75.7 Å². The molecule has 0 spiro atoms. The molecule has 0 saturated carbocycles. The van der Waals surface area contributed by atoms with E-state index in [2.05, 4.69) is 11.9 Å². The Balaban J connectivity index is 1.61. The Bertz CT molecular complexity index is 1130. The van der Waals surface area contributed by atoms with Gasteiger partial charge < -0.3 is 10.1 Å². The van der Waals surface area contributed by atoms with E-state index in [0.29, 0.717) is 29.3 Å². The Morgan fingerprint density at radius 1 is 1.00 bits per heavy atom. The van der Waals surface area contributed by atoms with Gasteiger partial charge in [0.2, 0.25) is 10.0 Å². The van der Waals surface area contributed by atoms with Crippen LogP contribution < -0.4 is 14.4 Å². The number of anilines is 2. The molecule has 0 radical (unpaired) electrons. The SMILES string of the molecule is C=CCN(c1ccc(C(=O)Nc2ccc(OCc3ccccc3)cc2)cc1)S(C)(=O)=O. The van der Waals surface area contributed by atoms with Crippen molar-refractivity contribution in [3.63, 3.8) is 0 Å². The second kappa shape index (κ2) is 9.95. The van der Waals surface area contributed by atoms with Gasteiger partial charge in [-0.15, -0.1) is 6.58 Å². The number of sulfonamides is 1. The van der Waals surface area contributed by atoms with Gasteiger partial charge in [-0.1, -0.05) is 36.4 Å². The van der Waals surface area contributed by atoms with E-state index >= 15 is 0 Å². The molecule has 0 aliphatic carbocycles. The lowest BCUT2D eigenvalue weighted by molar-refractivity contribution is 0.102. The van der Waals surface area contributed by atoms with Gasteiger partial charge in [-0.2, -0.15) is 0 Å². The predicted molar refractivity (Wildman–Crippen MR) is 124 cm³/mol. The molecule has 0 heterocycles. The Morgan fingerprint density at radius 3 is 2.23 bits per heavy atom. The summed E-state index contributed by atoms with van der Waals surface area (Å²) in [5.74, 6) is 0.411. The van der Waals surface area contributed by atoms with Crippen LogP contribution in [-0.2, 0) is 16.6 Å². The molecular formula is C24H24N2O4S. The van der Waals surface area contributed by atoms with Crippen molar-refractivity contribution in [3.05, 3.63) is 103 Å².